The summed E-state index contributed by atoms with van der Waals surface area (Å²) in [7, 11) is 0. The van der Waals surface area contributed by atoms with E-state index in [4.69, 9.17) is 10.1 Å². The van der Waals surface area contributed by atoms with Gasteiger partial charge in [0.05, 0.1) is 23.1 Å². The van der Waals surface area contributed by atoms with Gasteiger partial charge >= 0.3 is 0 Å². The Balaban J connectivity index is 1.62. The number of amides is 1. The summed E-state index contributed by atoms with van der Waals surface area (Å²) in [6, 6.07) is 10.5. The maximum Gasteiger partial charge on any atom is 0.255 e. The monoisotopic (exact) mass is 389 g/mol. The highest BCUT2D eigenvalue weighted by atomic mass is 16.1. The Hall–Kier alpha value is -2.73. The summed E-state index contributed by atoms with van der Waals surface area (Å²) >= 11 is 0. The molecule has 0 radical (unpaired) electrons. The first-order valence-corrected chi connectivity index (χ1v) is 10.6. The number of carbonyl (C=O) groups is 1. The van der Waals surface area contributed by atoms with E-state index in [2.05, 4.69) is 24.1 Å². The van der Waals surface area contributed by atoms with Gasteiger partial charge in [0.15, 0.2) is 5.65 Å². The van der Waals surface area contributed by atoms with Crippen molar-refractivity contribution in [2.45, 2.75) is 45.7 Å². The Morgan fingerprint density at radius 2 is 2.03 bits per heavy atom. The Morgan fingerprint density at radius 1 is 1.24 bits per heavy atom. The number of hydrogen-bond acceptors (Lipinski definition) is 4. The molecule has 0 saturated heterocycles. The van der Waals surface area contributed by atoms with E-state index in [1.807, 2.05) is 41.0 Å². The van der Waals surface area contributed by atoms with Gasteiger partial charge in [0, 0.05) is 31.2 Å². The quantitative estimate of drug-likeness (QED) is 0.727. The lowest BCUT2D eigenvalue weighted by atomic mass is 10.0. The normalized spacial score (nSPS) is 16.9. The fraction of sp³-hybridized carbons (Fsp3) is 0.435. The molecule has 1 aliphatic heterocycles. The van der Waals surface area contributed by atoms with Crippen LogP contribution >= 0.6 is 0 Å². The second-order valence-electron chi connectivity index (χ2n) is 8.51. The summed E-state index contributed by atoms with van der Waals surface area (Å²) in [5, 5.41) is 7.87. The highest BCUT2D eigenvalue weighted by Gasteiger charge is 2.31. The van der Waals surface area contributed by atoms with Gasteiger partial charge < -0.3 is 5.32 Å². The van der Waals surface area contributed by atoms with Crippen LogP contribution in [0.4, 0.5) is 0 Å². The minimum Gasteiger partial charge on any atom is -0.352 e. The smallest absolute Gasteiger partial charge is 0.255 e. The topological polar surface area (TPSA) is 62.5 Å². The van der Waals surface area contributed by atoms with Gasteiger partial charge in [-0.15, -0.1) is 0 Å². The van der Waals surface area contributed by atoms with Crippen molar-refractivity contribution < 1.29 is 4.79 Å². The molecule has 5 rings (SSSR count). The number of benzene rings is 1. The van der Waals surface area contributed by atoms with Gasteiger partial charge in [-0.05, 0) is 44.6 Å². The van der Waals surface area contributed by atoms with Crippen LogP contribution in [0.1, 0.15) is 48.3 Å². The first-order valence-electron chi connectivity index (χ1n) is 10.6. The van der Waals surface area contributed by atoms with Gasteiger partial charge in [-0.1, -0.05) is 30.3 Å². The molecule has 2 aliphatic rings. The SMILES string of the molecule is CC(C)N1CCc2c(C(=O)NCC3CC3)c3nc(-c4ccccc4)cnn3c2C1. The van der Waals surface area contributed by atoms with E-state index in [0.717, 1.165) is 48.6 Å². The molecule has 150 valence electrons. The third-order valence-electron chi connectivity index (χ3n) is 6.13. The molecule has 1 aliphatic carbocycles. The molecule has 0 spiro atoms. The molecule has 6 heteroatoms. The number of hydrogen-bond donors (Lipinski definition) is 1. The van der Waals surface area contributed by atoms with Crippen molar-refractivity contribution >= 4 is 11.6 Å². The zero-order valence-corrected chi connectivity index (χ0v) is 17.1. The maximum absolute atomic E-state index is 13.2. The Labute approximate surface area is 170 Å². The molecule has 2 aromatic heterocycles. The van der Waals surface area contributed by atoms with Crippen LogP contribution in [0.15, 0.2) is 36.5 Å². The number of rotatable bonds is 5. The van der Waals surface area contributed by atoms with Crippen LogP contribution in [0.5, 0.6) is 0 Å². The van der Waals surface area contributed by atoms with E-state index in [0.29, 0.717) is 23.2 Å². The van der Waals surface area contributed by atoms with Gasteiger partial charge in [-0.3, -0.25) is 9.69 Å². The molecule has 0 bridgehead atoms. The third-order valence-corrected chi connectivity index (χ3v) is 6.13. The maximum atomic E-state index is 13.2. The van der Waals surface area contributed by atoms with Gasteiger partial charge in [-0.25, -0.2) is 9.50 Å². The molecule has 1 amide bonds. The average Bonchev–Trinajstić information content (AvgIpc) is 3.52. The minimum absolute atomic E-state index is 0.00633. The van der Waals surface area contributed by atoms with Crippen LogP contribution in [-0.4, -0.2) is 44.5 Å². The fourth-order valence-electron chi connectivity index (χ4n) is 4.16. The minimum atomic E-state index is -0.00633. The summed E-state index contributed by atoms with van der Waals surface area (Å²) in [4.78, 5) is 20.5. The molecule has 0 unspecified atom stereocenters. The van der Waals surface area contributed by atoms with Crippen molar-refractivity contribution in [3.63, 3.8) is 0 Å². The molecule has 3 heterocycles. The number of fused-ring (bicyclic) bond motifs is 3. The van der Waals surface area contributed by atoms with Crippen LogP contribution in [0.25, 0.3) is 16.9 Å². The summed E-state index contributed by atoms with van der Waals surface area (Å²) < 4.78 is 1.89. The second kappa shape index (κ2) is 7.26. The van der Waals surface area contributed by atoms with E-state index in [9.17, 15) is 4.79 Å². The van der Waals surface area contributed by atoms with Crippen LogP contribution in [0.2, 0.25) is 0 Å². The summed E-state index contributed by atoms with van der Waals surface area (Å²) in [5.74, 6) is 0.638. The van der Waals surface area contributed by atoms with E-state index in [1.165, 1.54) is 12.8 Å². The lowest BCUT2D eigenvalue weighted by Gasteiger charge is -2.30. The van der Waals surface area contributed by atoms with E-state index < -0.39 is 0 Å². The standard InChI is InChI=1S/C23H27N5O/c1-15(2)27-11-10-18-20(14-27)28-22(21(18)23(29)24-12-16-8-9-16)26-19(13-25-28)17-6-4-3-5-7-17/h3-7,13,15-16H,8-12,14H2,1-2H3,(H,24,29). The lowest BCUT2D eigenvalue weighted by Crippen LogP contribution is -2.37. The highest BCUT2D eigenvalue weighted by Crippen LogP contribution is 2.31. The predicted molar refractivity (Wildman–Crippen MR) is 113 cm³/mol. The first kappa shape index (κ1) is 18.3. The summed E-state index contributed by atoms with van der Waals surface area (Å²) in [6.45, 7) is 6.93. The molecule has 1 saturated carbocycles. The molecular formula is C23H27N5O. The predicted octanol–water partition coefficient (Wildman–Crippen LogP) is 3.30. The Kier molecular flexibility index (Phi) is 4.59. The number of nitrogens with one attached hydrogen (secondary N) is 1. The Bertz CT molecular complexity index is 1050. The van der Waals surface area contributed by atoms with Crippen LogP contribution < -0.4 is 5.32 Å². The van der Waals surface area contributed by atoms with E-state index >= 15 is 0 Å². The second-order valence-corrected chi connectivity index (χ2v) is 8.51. The van der Waals surface area contributed by atoms with E-state index in [-0.39, 0.29) is 5.91 Å². The molecule has 1 aromatic carbocycles. The molecule has 1 fully saturated rings. The summed E-state index contributed by atoms with van der Waals surface area (Å²) in [6.07, 6.45) is 5.10. The van der Waals surface area contributed by atoms with Gasteiger partial charge in [0.25, 0.3) is 5.91 Å². The van der Waals surface area contributed by atoms with Crippen LogP contribution in [0, 0.1) is 5.92 Å². The molecule has 1 N–H and O–H groups in total. The Morgan fingerprint density at radius 3 is 2.76 bits per heavy atom. The van der Waals surface area contributed by atoms with E-state index in [1.54, 1.807) is 0 Å². The van der Waals surface area contributed by atoms with Crippen molar-refractivity contribution in [3.8, 4) is 11.3 Å². The van der Waals surface area contributed by atoms with Crippen molar-refractivity contribution in [1.29, 1.82) is 0 Å². The van der Waals surface area contributed by atoms with Gasteiger partial charge in [0.1, 0.15) is 0 Å². The zero-order chi connectivity index (χ0) is 20.0. The van der Waals surface area contributed by atoms with Crippen molar-refractivity contribution in [1.82, 2.24) is 24.8 Å². The number of carbonyl (C=O) groups excluding carboxylic acids is 1. The summed E-state index contributed by atoms with van der Waals surface area (Å²) in [5.41, 5.74) is 5.41. The fourth-order valence-corrected chi connectivity index (χ4v) is 4.16. The average molecular weight is 390 g/mol. The number of nitrogens with zero attached hydrogens (tertiary/aromatic N) is 4. The largest absolute Gasteiger partial charge is 0.352 e. The highest BCUT2D eigenvalue weighted by molar-refractivity contribution is 6.02. The van der Waals surface area contributed by atoms with Gasteiger partial charge in [-0.2, -0.15) is 5.10 Å². The molecular weight excluding hydrogens is 362 g/mol. The molecule has 0 atom stereocenters. The molecule has 6 nitrogen and oxygen atoms in total. The molecule has 29 heavy (non-hydrogen) atoms. The van der Waals surface area contributed by atoms with Crippen LogP contribution in [-0.2, 0) is 13.0 Å². The van der Waals surface area contributed by atoms with Gasteiger partial charge in [0.2, 0.25) is 0 Å². The molecule has 3 aromatic rings. The number of aromatic nitrogens is 3. The lowest BCUT2D eigenvalue weighted by molar-refractivity contribution is 0.0951. The first-order chi connectivity index (χ1) is 14.1. The van der Waals surface area contributed by atoms with Crippen LogP contribution in [0.3, 0.4) is 0 Å². The van der Waals surface area contributed by atoms with Crippen molar-refractivity contribution in [3.05, 3.63) is 53.3 Å². The van der Waals surface area contributed by atoms with Crippen molar-refractivity contribution in [2.24, 2.45) is 5.92 Å². The van der Waals surface area contributed by atoms with Crippen molar-refractivity contribution in [2.75, 3.05) is 13.1 Å². The zero-order valence-electron chi connectivity index (χ0n) is 17.1. The third kappa shape index (κ3) is 3.42.